The molecule has 0 fully saturated rings. The van der Waals surface area contributed by atoms with Crippen LogP contribution in [-0.4, -0.2) is 23.4 Å². The summed E-state index contributed by atoms with van der Waals surface area (Å²) in [5.41, 5.74) is 0.276. The SMILES string of the molecule is O=C([O-])CCCNC(=O)c1cccnc1Cl. The minimum absolute atomic E-state index is 0.0823. The van der Waals surface area contributed by atoms with Crippen molar-refractivity contribution in [1.29, 1.82) is 0 Å². The average Bonchev–Trinajstić information content (AvgIpc) is 2.24. The molecule has 0 radical (unpaired) electrons. The number of aliphatic carboxylic acids is 1. The molecule has 1 aromatic heterocycles. The van der Waals surface area contributed by atoms with Crippen molar-refractivity contribution in [3.63, 3.8) is 0 Å². The van der Waals surface area contributed by atoms with Crippen molar-refractivity contribution in [2.75, 3.05) is 6.54 Å². The second-order valence-corrected chi connectivity index (χ2v) is 3.43. The molecule has 0 spiro atoms. The Morgan fingerprint density at radius 3 is 2.88 bits per heavy atom. The quantitative estimate of drug-likeness (QED) is 0.581. The summed E-state index contributed by atoms with van der Waals surface area (Å²) in [5, 5.41) is 12.8. The van der Waals surface area contributed by atoms with E-state index in [1.54, 1.807) is 12.1 Å². The van der Waals surface area contributed by atoms with Crippen molar-refractivity contribution in [3.05, 3.63) is 29.0 Å². The maximum atomic E-state index is 11.5. The highest BCUT2D eigenvalue weighted by molar-refractivity contribution is 6.32. The maximum absolute atomic E-state index is 11.5. The standard InChI is InChI=1S/C10H11ClN2O3/c11-9-7(3-1-5-12-9)10(16)13-6-2-4-8(14)15/h1,3,5H,2,4,6H2,(H,13,16)(H,14,15)/p-1. The van der Waals surface area contributed by atoms with Crippen LogP contribution in [0.2, 0.25) is 5.15 Å². The van der Waals surface area contributed by atoms with Gasteiger partial charge in [-0.15, -0.1) is 0 Å². The second-order valence-electron chi connectivity index (χ2n) is 3.07. The first-order valence-corrected chi connectivity index (χ1v) is 5.07. The average molecular weight is 242 g/mol. The van der Waals surface area contributed by atoms with Crippen LogP contribution < -0.4 is 10.4 Å². The Hall–Kier alpha value is -1.62. The molecular formula is C10H10ClN2O3-. The first kappa shape index (κ1) is 12.4. The summed E-state index contributed by atoms with van der Waals surface area (Å²) >= 11 is 5.71. The number of rotatable bonds is 5. The third-order valence-electron chi connectivity index (χ3n) is 1.85. The lowest BCUT2D eigenvalue weighted by Crippen LogP contribution is -2.27. The Morgan fingerprint density at radius 2 is 2.25 bits per heavy atom. The van der Waals surface area contributed by atoms with E-state index in [9.17, 15) is 14.7 Å². The Kier molecular flexibility index (Phi) is 4.72. The molecule has 0 bridgehead atoms. The molecule has 0 aromatic carbocycles. The molecule has 0 atom stereocenters. The molecule has 0 aliphatic rings. The molecule has 0 saturated heterocycles. The minimum atomic E-state index is -1.13. The Labute approximate surface area is 97.4 Å². The van der Waals surface area contributed by atoms with E-state index in [1.807, 2.05) is 0 Å². The number of nitrogens with zero attached hydrogens (tertiary/aromatic N) is 1. The topological polar surface area (TPSA) is 82.1 Å². The molecule has 1 aromatic rings. The normalized spacial score (nSPS) is 9.81. The fourth-order valence-electron chi connectivity index (χ4n) is 1.09. The summed E-state index contributed by atoms with van der Waals surface area (Å²) < 4.78 is 0. The molecular weight excluding hydrogens is 232 g/mol. The van der Waals surface area contributed by atoms with Crippen LogP contribution in [0.15, 0.2) is 18.3 Å². The van der Waals surface area contributed by atoms with Gasteiger partial charge in [0.15, 0.2) is 0 Å². The van der Waals surface area contributed by atoms with Crippen LogP contribution in [0.4, 0.5) is 0 Å². The molecule has 16 heavy (non-hydrogen) atoms. The highest BCUT2D eigenvalue weighted by atomic mass is 35.5. The molecule has 6 heteroatoms. The zero-order valence-electron chi connectivity index (χ0n) is 8.40. The van der Waals surface area contributed by atoms with Crippen LogP contribution in [0.1, 0.15) is 23.2 Å². The first-order chi connectivity index (χ1) is 7.61. The van der Waals surface area contributed by atoms with Gasteiger partial charge in [-0.05, 0) is 25.0 Å². The van der Waals surface area contributed by atoms with E-state index in [2.05, 4.69) is 10.3 Å². The van der Waals surface area contributed by atoms with Gasteiger partial charge in [0, 0.05) is 18.7 Å². The lowest BCUT2D eigenvalue weighted by molar-refractivity contribution is -0.305. The van der Waals surface area contributed by atoms with Gasteiger partial charge in [-0.1, -0.05) is 11.6 Å². The zero-order valence-corrected chi connectivity index (χ0v) is 9.16. The highest BCUT2D eigenvalue weighted by Gasteiger charge is 2.09. The first-order valence-electron chi connectivity index (χ1n) is 4.70. The number of carbonyl (C=O) groups is 2. The Morgan fingerprint density at radius 1 is 1.50 bits per heavy atom. The summed E-state index contributed by atoms with van der Waals surface area (Å²) in [6.45, 7) is 0.262. The molecule has 0 saturated carbocycles. The van der Waals surface area contributed by atoms with Gasteiger partial charge in [0.2, 0.25) is 0 Å². The van der Waals surface area contributed by atoms with Gasteiger partial charge in [-0.3, -0.25) is 4.79 Å². The molecule has 1 amide bonds. The lowest BCUT2D eigenvalue weighted by atomic mass is 10.2. The van der Waals surface area contributed by atoms with Crippen LogP contribution in [0.5, 0.6) is 0 Å². The molecule has 0 unspecified atom stereocenters. The van der Waals surface area contributed by atoms with Gasteiger partial charge in [0.25, 0.3) is 5.91 Å². The van der Waals surface area contributed by atoms with Crippen LogP contribution >= 0.6 is 11.6 Å². The number of amides is 1. The number of carbonyl (C=O) groups excluding carboxylic acids is 2. The van der Waals surface area contributed by atoms with Crippen molar-refractivity contribution in [3.8, 4) is 0 Å². The van der Waals surface area contributed by atoms with E-state index < -0.39 is 5.97 Å². The lowest BCUT2D eigenvalue weighted by Gasteiger charge is -2.06. The number of nitrogens with one attached hydrogen (secondary N) is 1. The minimum Gasteiger partial charge on any atom is -0.550 e. The predicted molar refractivity (Wildman–Crippen MR) is 55.8 cm³/mol. The molecule has 5 nitrogen and oxygen atoms in total. The Balaban J connectivity index is 2.41. The van der Waals surface area contributed by atoms with Crippen LogP contribution in [0.25, 0.3) is 0 Å². The predicted octanol–water partition coefficient (Wildman–Crippen LogP) is -0.00510. The van der Waals surface area contributed by atoms with E-state index >= 15 is 0 Å². The van der Waals surface area contributed by atoms with Gasteiger partial charge in [0.05, 0.1) is 5.56 Å². The molecule has 86 valence electrons. The summed E-state index contributed by atoms with van der Waals surface area (Å²) in [4.78, 5) is 25.4. The molecule has 0 aliphatic carbocycles. The van der Waals surface area contributed by atoms with Crippen molar-refractivity contribution in [1.82, 2.24) is 10.3 Å². The van der Waals surface area contributed by atoms with E-state index in [0.717, 1.165) is 0 Å². The molecule has 1 rings (SSSR count). The van der Waals surface area contributed by atoms with Gasteiger partial charge in [0.1, 0.15) is 5.15 Å². The summed E-state index contributed by atoms with van der Waals surface area (Å²) in [6.07, 6.45) is 1.72. The van der Waals surface area contributed by atoms with E-state index in [1.165, 1.54) is 6.20 Å². The monoisotopic (exact) mass is 241 g/mol. The summed E-state index contributed by atoms with van der Waals surface area (Å²) in [5.74, 6) is -1.50. The molecule has 1 N–H and O–H groups in total. The van der Waals surface area contributed by atoms with Crippen LogP contribution in [-0.2, 0) is 4.79 Å². The zero-order chi connectivity index (χ0) is 12.0. The number of carboxylic acid groups (broad SMARTS) is 1. The smallest absolute Gasteiger partial charge is 0.254 e. The number of hydrogen-bond acceptors (Lipinski definition) is 4. The van der Waals surface area contributed by atoms with E-state index in [-0.39, 0.29) is 29.6 Å². The third-order valence-corrected chi connectivity index (χ3v) is 2.15. The largest absolute Gasteiger partial charge is 0.550 e. The maximum Gasteiger partial charge on any atom is 0.254 e. The number of hydrogen-bond donors (Lipinski definition) is 1. The number of halogens is 1. The van der Waals surface area contributed by atoms with Gasteiger partial charge >= 0.3 is 0 Å². The summed E-state index contributed by atoms with van der Waals surface area (Å²) in [6, 6.07) is 3.14. The van der Waals surface area contributed by atoms with Crippen molar-refractivity contribution >= 4 is 23.5 Å². The third kappa shape index (κ3) is 3.86. The van der Waals surface area contributed by atoms with Crippen LogP contribution in [0, 0.1) is 0 Å². The van der Waals surface area contributed by atoms with Gasteiger partial charge < -0.3 is 15.2 Å². The van der Waals surface area contributed by atoms with Crippen molar-refractivity contribution < 1.29 is 14.7 Å². The fraction of sp³-hybridized carbons (Fsp3) is 0.300. The fourth-order valence-corrected chi connectivity index (χ4v) is 1.29. The number of carboxylic acids is 1. The van der Waals surface area contributed by atoms with Crippen molar-refractivity contribution in [2.45, 2.75) is 12.8 Å². The summed E-state index contributed by atoms with van der Waals surface area (Å²) in [7, 11) is 0. The Bertz CT molecular complexity index is 395. The second kappa shape index (κ2) is 6.07. The van der Waals surface area contributed by atoms with Gasteiger partial charge in [-0.25, -0.2) is 4.98 Å². The van der Waals surface area contributed by atoms with Crippen LogP contribution in [0.3, 0.4) is 0 Å². The van der Waals surface area contributed by atoms with E-state index in [0.29, 0.717) is 6.42 Å². The molecule has 0 aliphatic heterocycles. The van der Waals surface area contributed by atoms with E-state index in [4.69, 9.17) is 11.6 Å². The van der Waals surface area contributed by atoms with Crippen molar-refractivity contribution in [2.24, 2.45) is 0 Å². The number of pyridine rings is 1. The molecule has 1 heterocycles. The number of aromatic nitrogens is 1. The van der Waals surface area contributed by atoms with Gasteiger partial charge in [-0.2, -0.15) is 0 Å². The highest BCUT2D eigenvalue weighted by Crippen LogP contribution is 2.10.